The SMILES string of the molecule is Cc1nc([N+](=O)[O-])cn1CCC(=O)NCc1ccnc(OCC(F)(F)F)c1. The summed E-state index contributed by atoms with van der Waals surface area (Å²) in [5.74, 6) is -0.410. The third kappa shape index (κ3) is 6.56. The van der Waals surface area contributed by atoms with E-state index in [0.717, 1.165) is 0 Å². The molecular formula is C15H16F3N5O4. The largest absolute Gasteiger partial charge is 0.468 e. The number of nitro groups is 1. The molecule has 0 aliphatic heterocycles. The minimum Gasteiger partial charge on any atom is -0.468 e. The van der Waals surface area contributed by atoms with E-state index in [4.69, 9.17) is 0 Å². The highest BCUT2D eigenvalue weighted by Gasteiger charge is 2.28. The summed E-state index contributed by atoms with van der Waals surface area (Å²) in [6, 6.07) is 2.83. The van der Waals surface area contributed by atoms with Gasteiger partial charge in [0.15, 0.2) is 6.61 Å². The maximum Gasteiger partial charge on any atom is 0.422 e. The van der Waals surface area contributed by atoms with Crippen LogP contribution in [0.1, 0.15) is 17.8 Å². The summed E-state index contributed by atoms with van der Waals surface area (Å²) in [5, 5.41) is 13.3. The van der Waals surface area contributed by atoms with Crippen LogP contribution in [0, 0.1) is 17.0 Å². The molecule has 9 nitrogen and oxygen atoms in total. The number of hydrogen-bond donors (Lipinski definition) is 1. The number of imidazole rings is 1. The van der Waals surface area contributed by atoms with Crippen molar-refractivity contribution in [1.29, 1.82) is 0 Å². The monoisotopic (exact) mass is 387 g/mol. The van der Waals surface area contributed by atoms with Crippen LogP contribution >= 0.6 is 0 Å². The fourth-order valence-corrected chi connectivity index (χ4v) is 2.11. The zero-order valence-electron chi connectivity index (χ0n) is 14.2. The molecule has 2 aromatic rings. The van der Waals surface area contributed by atoms with Crippen LogP contribution in [0.2, 0.25) is 0 Å². The number of halogens is 3. The Morgan fingerprint density at radius 1 is 1.44 bits per heavy atom. The average molecular weight is 387 g/mol. The number of nitrogens with one attached hydrogen (secondary N) is 1. The molecule has 12 heteroatoms. The van der Waals surface area contributed by atoms with Crippen LogP contribution in [0.4, 0.5) is 19.0 Å². The van der Waals surface area contributed by atoms with E-state index in [1.807, 2.05) is 0 Å². The molecule has 1 amide bonds. The molecule has 2 heterocycles. The molecule has 0 radical (unpaired) electrons. The Hall–Kier alpha value is -3.18. The van der Waals surface area contributed by atoms with E-state index in [-0.39, 0.29) is 37.1 Å². The molecule has 0 atom stereocenters. The standard InChI is InChI=1S/C15H16F3N5O4/c1-10-21-12(23(25)26)8-22(10)5-3-13(24)20-7-11-2-4-19-14(6-11)27-9-15(16,17)18/h2,4,6,8H,3,5,7,9H2,1H3,(H,20,24). The Bertz CT molecular complexity index is 822. The number of carbonyl (C=O) groups excluding carboxylic acids is 1. The van der Waals surface area contributed by atoms with Crippen LogP contribution in [-0.2, 0) is 17.9 Å². The summed E-state index contributed by atoms with van der Waals surface area (Å²) in [4.78, 5) is 29.4. The number of rotatable bonds is 8. The molecule has 0 aliphatic rings. The van der Waals surface area contributed by atoms with Crippen molar-refractivity contribution in [2.24, 2.45) is 0 Å². The Morgan fingerprint density at radius 2 is 2.19 bits per heavy atom. The zero-order valence-corrected chi connectivity index (χ0v) is 14.2. The van der Waals surface area contributed by atoms with Gasteiger partial charge in [0.05, 0.1) is 0 Å². The van der Waals surface area contributed by atoms with Crippen molar-refractivity contribution in [3.8, 4) is 5.88 Å². The van der Waals surface area contributed by atoms with E-state index in [1.165, 1.54) is 29.1 Å². The summed E-state index contributed by atoms with van der Waals surface area (Å²) >= 11 is 0. The van der Waals surface area contributed by atoms with Gasteiger partial charge in [-0.3, -0.25) is 4.79 Å². The number of aryl methyl sites for hydroxylation is 2. The normalized spacial score (nSPS) is 11.3. The molecule has 0 saturated heterocycles. The van der Waals surface area contributed by atoms with Crippen molar-refractivity contribution in [2.75, 3.05) is 6.61 Å². The highest BCUT2D eigenvalue weighted by Crippen LogP contribution is 2.17. The molecule has 0 aromatic carbocycles. The Morgan fingerprint density at radius 3 is 2.81 bits per heavy atom. The number of pyridine rings is 1. The summed E-state index contributed by atoms with van der Waals surface area (Å²) in [6.07, 6.45) is -1.89. The van der Waals surface area contributed by atoms with E-state index < -0.39 is 17.7 Å². The summed E-state index contributed by atoms with van der Waals surface area (Å²) in [6.45, 7) is 0.415. The topological polar surface area (TPSA) is 112 Å². The maximum atomic E-state index is 12.1. The molecule has 0 spiro atoms. The molecule has 1 N–H and O–H groups in total. The van der Waals surface area contributed by atoms with Gasteiger partial charge < -0.3 is 24.7 Å². The van der Waals surface area contributed by atoms with Gasteiger partial charge in [-0.25, -0.2) is 4.98 Å². The lowest BCUT2D eigenvalue weighted by Crippen LogP contribution is -2.24. The van der Waals surface area contributed by atoms with Crippen molar-refractivity contribution in [1.82, 2.24) is 19.9 Å². The number of amides is 1. The third-order valence-electron chi connectivity index (χ3n) is 3.40. The maximum absolute atomic E-state index is 12.1. The minimum atomic E-state index is -4.47. The molecule has 0 unspecified atom stereocenters. The highest BCUT2D eigenvalue weighted by atomic mass is 19.4. The van der Waals surface area contributed by atoms with Gasteiger partial charge in [0.2, 0.25) is 17.6 Å². The van der Waals surface area contributed by atoms with E-state index in [1.54, 1.807) is 6.92 Å². The quantitative estimate of drug-likeness (QED) is 0.549. The predicted octanol–water partition coefficient (Wildman–Crippen LogP) is 2.14. The van der Waals surface area contributed by atoms with Gasteiger partial charge in [-0.15, -0.1) is 0 Å². The van der Waals surface area contributed by atoms with Crippen molar-refractivity contribution < 1.29 is 27.6 Å². The first-order valence-electron chi connectivity index (χ1n) is 7.73. The molecular weight excluding hydrogens is 371 g/mol. The van der Waals surface area contributed by atoms with Gasteiger partial charge >= 0.3 is 12.0 Å². The number of aromatic nitrogens is 3. The summed E-state index contributed by atoms with van der Waals surface area (Å²) < 4.78 is 42.5. The zero-order chi connectivity index (χ0) is 20.0. The number of ether oxygens (including phenoxy) is 1. The van der Waals surface area contributed by atoms with Gasteiger partial charge in [0.1, 0.15) is 6.20 Å². The number of hydrogen-bond acceptors (Lipinski definition) is 6. The smallest absolute Gasteiger partial charge is 0.422 e. The lowest BCUT2D eigenvalue weighted by molar-refractivity contribution is -0.389. The number of carbonyl (C=O) groups is 1. The van der Waals surface area contributed by atoms with Crippen molar-refractivity contribution in [3.05, 3.63) is 46.0 Å². The second-order valence-corrected chi connectivity index (χ2v) is 5.53. The predicted molar refractivity (Wildman–Crippen MR) is 85.9 cm³/mol. The molecule has 0 aliphatic carbocycles. The van der Waals surface area contributed by atoms with Crippen molar-refractivity contribution in [2.45, 2.75) is 32.6 Å². The Labute approximate surface area is 151 Å². The lowest BCUT2D eigenvalue weighted by Gasteiger charge is -2.10. The molecule has 0 fully saturated rings. The first-order chi connectivity index (χ1) is 12.6. The van der Waals surface area contributed by atoms with Crippen molar-refractivity contribution >= 4 is 11.7 Å². The second kappa shape index (κ2) is 8.47. The minimum absolute atomic E-state index is 0.0524. The van der Waals surface area contributed by atoms with Gasteiger partial charge in [-0.05, 0) is 21.5 Å². The molecule has 0 bridgehead atoms. The first-order valence-corrected chi connectivity index (χ1v) is 7.73. The highest BCUT2D eigenvalue weighted by molar-refractivity contribution is 5.75. The molecule has 2 aromatic heterocycles. The molecule has 27 heavy (non-hydrogen) atoms. The van der Waals surface area contributed by atoms with Crippen molar-refractivity contribution in [3.63, 3.8) is 0 Å². The van der Waals surface area contributed by atoms with Gasteiger partial charge in [-0.2, -0.15) is 13.2 Å². The second-order valence-electron chi connectivity index (χ2n) is 5.53. The van der Waals surface area contributed by atoms with Crippen LogP contribution in [0.3, 0.4) is 0 Å². The van der Waals surface area contributed by atoms with E-state index in [9.17, 15) is 28.1 Å². The summed E-state index contributed by atoms with van der Waals surface area (Å²) in [5.41, 5.74) is 0.518. The van der Waals surface area contributed by atoms with Crippen LogP contribution < -0.4 is 10.1 Å². The van der Waals surface area contributed by atoms with Crippen LogP contribution in [0.25, 0.3) is 0 Å². The van der Waals surface area contributed by atoms with Crippen LogP contribution in [-0.4, -0.2) is 38.1 Å². The van der Waals surface area contributed by atoms with Crippen LogP contribution in [0.5, 0.6) is 5.88 Å². The first kappa shape index (κ1) is 20.1. The van der Waals surface area contributed by atoms with E-state index in [0.29, 0.717) is 11.4 Å². The Balaban J connectivity index is 1.82. The van der Waals surface area contributed by atoms with Gasteiger partial charge in [-0.1, -0.05) is 0 Å². The fraction of sp³-hybridized carbons (Fsp3) is 0.400. The number of alkyl halides is 3. The van der Waals surface area contributed by atoms with Crippen LogP contribution in [0.15, 0.2) is 24.5 Å². The van der Waals surface area contributed by atoms with Gasteiger partial charge in [0, 0.05) is 38.7 Å². The van der Waals surface area contributed by atoms with E-state index >= 15 is 0 Å². The van der Waals surface area contributed by atoms with Gasteiger partial charge in [0.25, 0.3) is 0 Å². The fourth-order valence-electron chi connectivity index (χ4n) is 2.11. The average Bonchev–Trinajstić information content (AvgIpc) is 2.97. The summed E-state index contributed by atoms with van der Waals surface area (Å²) in [7, 11) is 0. The lowest BCUT2D eigenvalue weighted by atomic mass is 10.2. The molecule has 2 rings (SSSR count). The Kier molecular flexibility index (Phi) is 6.32. The van der Waals surface area contributed by atoms with E-state index in [2.05, 4.69) is 20.0 Å². The molecule has 0 saturated carbocycles. The number of nitrogens with zero attached hydrogens (tertiary/aromatic N) is 4. The molecule has 146 valence electrons. The third-order valence-corrected chi connectivity index (χ3v) is 3.40.